The minimum absolute atomic E-state index is 0.0165. The first-order valence-corrected chi connectivity index (χ1v) is 13.4. The second-order valence-corrected chi connectivity index (χ2v) is 11.5. The summed E-state index contributed by atoms with van der Waals surface area (Å²) in [7, 11) is 3.04. The standard InChI is InChI=1S/C28H33FN4O8/c1-11-12-8-13-21(32(2)3)24(37)20(27(30)40)26(39)28(13,41)25(38)18(12)23(36)19-17(11)14(29)9-15(22(19)35)31-16(34)10-33-6-4-5-7-33/h9,11-13,21,35,37-38,41H,4-8,10H2,1-3H3,(H2,30,40)(H,31,34)/t11-,12-,13+,21+,28+/m1/s1. The molecule has 12 nitrogen and oxygen atoms in total. The Labute approximate surface area is 234 Å². The molecule has 1 aromatic carbocycles. The van der Waals surface area contributed by atoms with Gasteiger partial charge in [-0.25, -0.2) is 4.39 Å². The van der Waals surface area contributed by atoms with Crippen molar-refractivity contribution in [3.8, 4) is 5.75 Å². The van der Waals surface area contributed by atoms with Crippen LogP contribution >= 0.6 is 0 Å². The Bertz CT molecular complexity index is 1450. The summed E-state index contributed by atoms with van der Waals surface area (Å²) in [5.41, 5.74) is 0.236. The van der Waals surface area contributed by atoms with E-state index in [-0.39, 0.29) is 24.2 Å². The highest BCUT2D eigenvalue weighted by Crippen LogP contribution is 2.56. The number of carbonyl (C=O) groups excluding carboxylic acids is 4. The molecule has 0 radical (unpaired) electrons. The molecule has 1 aromatic rings. The number of hydrogen-bond donors (Lipinski definition) is 6. The number of phenols is 1. The Morgan fingerprint density at radius 3 is 2.41 bits per heavy atom. The molecule has 1 heterocycles. The zero-order valence-electron chi connectivity index (χ0n) is 22.9. The van der Waals surface area contributed by atoms with Crippen LogP contribution in [0.4, 0.5) is 10.1 Å². The lowest BCUT2D eigenvalue weighted by Crippen LogP contribution is -2.64. The Hall–Kier alpha value is -3.81. The van der Waals surface area contributed by atoms with Crippen LogP contribution in [-0.4, -0.2) is 99.0 Å². The number of ketones is 2. The van der Waals surface area contributed by atoms with Crippen LogP contribution in [0.15, 0.2) is 28.7 Å². The number of carbonyl (C=O) groups is 4. The molecule has 0 aromatic heterocycles. The van der Waals surface area contributed by atoms with Gasteiger partial charge in [-0.15, -0.1) is 0 Å². The Morgan fingerprint density at radius 2 is 1.83 bits per heavy atom. The monoisotopic (exact) mass is 572 g/mol. The number of aromatic hydroxyl groups is 1. The Kier molecular flexibility index (Phi) is 6.95. The van der Waals surface area contributed by atoms with Crippen LogP contribution in [0.2, 0.25) is 0 Å². The summed E-state index contributed by atoms with van der Waals surface area (Å²) < 4.78 is 15.6. The molecule has 1 saturated heterocycles. The summed E-state index contributed by atoms with van der Waals surface area (Å²) in [4.78, 5) is 55.3. The smallest absolute Gasteiger partial charge is 0.255 e. The number of hydrogen-bond acceptors (Lipinski definition) is 10. The quantitative estimate of drug-likeness (QED) is 0.218. The molecule has 3 aliphatic carbocycles. The molecular formula is C28H33FN4O8. The number of primary amides is 1. The molecule has 5 atom stereocenters. The van der Waals surface area contributed by atoms with Gasteiger partial charge in [-0.05, 0) is 58.3 Å². The van der Waals surface area contributed by atoms with Crippen LogP contribution in [0, 0.1) is 17.7 Å². The summed E-state index contributed by atoms with van der Waals surface area (Å²) in [5, 5.41) is 47.5. The molecule has 13 heteroatoms. The number of likely N-dealkylation sites (N-methyl/N-ethyl adjacent to an activating group) is 1. The van der Waals surface area contributed by atoms with Crippen molar-refractivity contribution >= 4 is 29.1 Å². The van der Waals surface area contributed by atoms with Gasteiger partial charge in [0, 0.05) is 23.1 Å². The number of halogens is 1. The number of rotatable bonds is 5. The van der Waals surface area contributed by atoms with Crippen molar-refractivity contribution in [3.63, 3.8) is 0 Å². The van der Waals surface area contributed by atoms with E-state index in [0.29, 0.717) is 0 Å². The maximum atomic E-state index is 15.6. The number of aliphatic hydroxyl groups is 3. The highest BCUT2D eigenvalue weighted by atomic mass is 19.1. The van der Waals surface area contributed by atoms with E-state index < -0.39 is 92.6 Å². The predicted molar refractivity (Wildman–Crippen MR) is 143 cm³/mol. The zero-order chi connectivity index (χ0) is 30.1. The number of nitrogens with one attached hydrogen (secondary N) is 1. The highest BCUT2D eigenvalue weighted by Gasteiger charge is 2.64. The third kappa shape index (κ3) is 4.13. The second-order valence-electron chi connectivity index (χ2n) is 11.5. The molecule has 4 aliphatic rings. The van der Waals surface area contributed by atoms with Crippen LogP contribution in [0.25, 0.3) is 0 Å². The van der Waals surface area contributed by atoms with E-state index in [1.165, 1.54) is 19.0 Å². The first-order chi connectivity index (χ1) is 19.2. The van der Waals surface area contributed by atoms with E-state index >= 15 is 4.39 Å². The van der Waals surface area contributed by atoms with Crippen molar-refractivity contribution in [2.45, 2.75) is 43.7 Å². The molecule has 1 fully saturated rings. The van der Waals surface area contributed by atoms with Gasteiger partial charge < -0.3 is 31.5 Å². The van der Waals surface area contributed by atoms with Crippen LogP contribution in [0.3, 0.4) is 0 Å². The van der Waals surface area contributed by atoms with Gasteiger partial charge in [0.25, 0.3) is 5.91 Å². The van der Waals surface area contributed by atoms with Crippen molar-refractivity contribution in [1.82, 2.24) is 9.80 Å². The van der Waals surface area contributed by atoms with Gasteiger partial charge >= 0.3 is 0 Å². The second kappa shape index (κ2) is 9.93. The number of allylic oxidation sites excluding steroid dienone is 1. The zero-order valence-corrected chi connectivity index (χ0v) is 22.9. The van der Waals surface area contributed by atoms with E-state index in [1.54, 1.807) is 6.92 Å². The van der Waals surface area contributed by atoms with Gasteiger partial charge in [-0.2, -0.15) is 0 Å². The summed E-state index contributed by atoms with van der Waals surface area (Å²) in [6.45, 7) is 3.04. The number of nitrogens with two attached hydrogens (primary N) is 1. The maximum Gasteiger partial charge on any atom is 0.255 e. The fraction of sp³-hybridized carbons (Fsp3) is 0.500. The van der Waals surface area contributed by atoms with E-state index in [0.717, 1.165) is 32.0 Å². The Balaban J connectivity index is 1.62. The maximum absolute atomic E-state index is 15.6. The van der Waals surface area contributed by atoms with Crippen LogP contribution in [0.1, 0.15) is 48.0 Å². The largest absolute Gasteiger partial charge is 0.510 e. The molecule has 2 amide bonds. The van der Waals surface area contributed by atoms with Crippen molar-refractivity contribution in [3.05, 3.63) is 45.7 Å². The SMILES string of the molecule is C[C@H]1c2c(F)cc(NC(=O)CN3CCCC3)c(O)c2C(=O)C2=C(O)[C@]3(O)C(=O)C(C(N)=O)=C(O)[C@@H](N(C)C)[C@@H]3C[C@@H]21. The Morgan fingerprint density at radius 1 is 1.20 bits per heavy atom. The predicted octanol–water partition coefficient (Wildman–Crippen LogP) is 0.855. The molecule has 41 heavy (non-hydrogen) atoms. The fourth-order valence-electron chi connectivity index (χ4n) is 7.06. The number of Topliss-reactive ketones (excluding diaryl/α,β-unsaturated/α-hetero) is 2. The van der Waals surface area contributed by atoms with Gasteiger partial charge in [0.1, 0.15) is 22.9 Å². The van der Waals surface area contributed by atoms with E-state index in [9.17, 15) is 39.6 Å². The molecule has 7 N–H and O–H groups in total. The first kappa shape index (κ1) is 28.7. The molecule has 0 saturated carbocycles. The summed E-state index contributed by atoms with van der Waals surface area (Å²) >= 11 is 0. The molecule has 0 spiro atoms. The van der Waals surface area contributed by atoms with Crippen molar-refractivity contribution in [2.75, 3.05) is 39.0 Å². The van der Waals surface area contributed by atoms with Gasteiger partial charge in [0.05, 0.1) is 23.8 Å². The van der Waals surface area contributed by atoms with Crippen LogP contribution in [0.5, 0.6) is 5.75 Å². The van der Waals surface area contributed by atoms with Gasteiger partial charge in [0.2, 0.25) is 11.7 Å². The van der Waals surface area contributed by atoms with E-state index in [1.807, 2.05) is 4.90 Å². The number of anilines is 1. The lowest BCUT2D eigenvalue weighted by atomic mass is 9.56. The van der Waals surface area contributed by atoms with E-state index in [4.69, 9.17) is 5.73 Å². The molecule has 5 rings (SSSR count). The summed E-state index contributed by atoms with van der Waals surface area (Å²) in [6.07, 6.45) is 1.72. The topological polar surface area (TPSA) is 194 Å². The fourth-order valence-corrected chi connectivity index (χ4v) is 7.06. The van der Waals surface area contributed by atoms with Gasteiger partial charge in [-0.3, -0.25) is 29.0 Å². The number of amides is 2. The number of aliphatic hydroxyl groups excluding tert-OH is 2. The molecule has 220 valence electrons. The van der Waals surface area contributed by atoms with Crippen molar-refractivity contribution in [1.29, 1.82) is 0 Å². The number of likely N-dealkylation sites (tertiary alicyclic amines) is 1. The molecular weight excluding hydrogens is 539 g/mol. The first-order valence-electron chi connectivity index (χ1n) is 13.4. The van der Waals surface area contributed by atoms with Gasteiger partial charge in [-0.1, -0.05) is 6.92 Å². The highest BCUT2D eigenvalue weighted by molar-refractivity contribution is 6.25. The molecule has 1 aliphatic heterocycles. The average molecular weight is 573 g/mol. The third-order valence-electron chi connectivity index (χ3n) is 8.99. The average Bonchev–Trinajstić information content (AvgIpc) is 3.39. The minimum atomic E-state index is -2.81. The number of benzene rings is 1. The number of nitrogens with zero attached hydrogens (tertiary/aromatic N) is 2. The number of fused-ring (bicyclic) bond motifs is 3. The molecule has 0 bridgehead atoms. The summed E-state index contributed by atoms with van der Waals surface area (Å²) in [6, 6.07) is -0.215. The van der Waals surface area contributed by atoms with Crippen molar-refractivity contribution in [2.24, 2.45) is 17.6 Å². The van der Waals surface area contributed by atoms with Crippen LogP contribution < -0.4 is 11.1 Å². The lowest BCUT2D eigenvalue weighted by molar-refractivity contribution is -0.148. The van der Waals surface area contributed by atoms with Crippen molar-refractivity contribution < 1.29 is 44.0 Å². The van der Waals surface area contributed by atoms with E-state index in [2.05, 4.69) is 5.32 Å². The minimum Gasteiger partial charge on any atom is -0.510 e. The number of phenolic OH excluding ortho intramolecular Hbond substituents is 1. The lowest BCUT2D eigenvalue weighted by Gasteiger charge is -2.51. The van der Waals surface area contributed by atoms with Crippen LogP contribution in [-0.2, 0) is 14.4 Å². The van der Waals surface area contributed by atoms with Gasteiger partial charge in [0.15, 0.2) is 17.1 Å². The third-order valence-corrected chi connectivity index (χ3v) is 8.99. The molecule has 0 unspecified atom stereocenters. The summed E-state index contributed by atoms with van der Waals surface area (Å²) in [5.74, 6) is -10.5. The normalized spacial score (nSPS) is 29.9.